The summed E-state index contributed by atoms with van der Waals surface area (Å²) < 4.78 is 19.3. The first-order chi connectivity index (χ1) is 9.82. The van der Waals surface area contributed by atoms with Crippen LogP contribution in [0.4, 0.5) is 9.18 Å². The molecule has 1 aliphatic heterocycles. The SMILES string of the molecule is CC(C)(C)OC(=O)NCC1(c2ccccc2F)CCCN1. The molecule has 2 rings (SSSR count). The number of amides is 1. The van der Waals surface area contributed by atoms with E-state index in [4.69, 9.17) is 4.74 Å². The van der Waals surface area contributed by atoms with Crippen molar-refractivity contribution in [2.24, 2.45) is 0 Å². The van der Waals surface area contributed by atoms with Crippen molar-refractivity contribution < 1.29 is 13.9 Å². The van der Waals surface area contributed by atoms with Crippen molar-refractivity contribution in [3.05, 3.63) is 35.6 Å². The summed E-state index contributed by atoms with van der Waals surface area (Å²) >= 11 is 0. The monoisotopic (exact) mass is 294 g/mol. The zero-order valence-corrected chi connectivity index (χ0v) is 12.8. The largest absolute Gasteiger partial charge is 0.444 e. The van der Waals surface area contributed by atoms with E-state index in [0.717, 1.165) is 19.4 Å². The Morgan fingerprint density at radius 2 is 2.14 bits per heavy atom. The van der Waals surface area contributed by atoms with E-state index in [2.05, 4.69) is 10.6 Å². The second-order valence-electron chi connectivity index (χ2n) is 6.45. The summed E-state index contributed by atoms with van der Waals surface area (Å²) in [5.74, 6) is -0.252. The van der Waals surface area contributed by atoms with E-state index in [1.54, 1.807) is 12.1 Å². The van der Waals surface area contributed by atoms with Gasteiger partial charge in [0.1, 0.15) is 11.4 Å². The molecular formula is C16H23FN2O2. The van der Waals surface area contributed by atoms with Crippen molar-refractivity contribution >= 4 is 6.09 Å². The molecule has 21 heavy (non-hydrogen) atoms. The summed E-state index contributed by atoms with van der Waals surface area (Å²) in [6.45, 7) is 6.56. The summed E-state index contributed by atoms with van der Waals surface area (Å²) in [4.78, 5) is 11.8. The van der Waals surface area contributed by atoms with Crippen LogP contribution in [0.5, 0.6) is 0 Å². The van der Waals surface area contributed by atoms with Crippen molar-refractivity contribution in [3.63, 3.8) is 0 Å². The fourth-order valence-corrected chi connectivity index (χ4v) is 2.67. The van der Waals surface area contributed by atoms with Crippen LogP contribution in [0.2, 0.25) is 0 Å². The zero-order valence-electron chi connectivity index (χ0n) is 12.8. The lowest BCUT2D eigenvalue weighted by Gasteiger charge is -2.31. The van der Waals surface area contributed by atoms with Crippen LogP contribution >= 0.6 is 0 Å². The quantitative estimate of drug-likeness (QED) is 0.901. The predicted molar refractivity (Wildman–Crippen MR) is 79.6 cm³/mol. The molecule has 0 spiro atoms. The first kappa shape index (κ1) is 15.8. The van der Waals surface area contributed by atoms with E-state index in [-0.39, 0.29) is 5.82 Å². The van der Waals surface area contributed by atoms with E-state index in [1.165, 1.54) is 6.07 Å². The fourth-order valence-electron chi connectivity index (χ4n) is 2.67. The van der Waals surface area contributed by atoms with Gasteiger partial charge < -0.3 is 15.4 Å². The predicted octanol–water partition coefficient (Wildman–Crippen LogP) is 2.93. The standard InChI is InChI=1S/C16H23FN2O2/c1-15(2,3)21-14(20)18-11-16(9-6-10-19-16)12-7-4-5-8-13(12)17/h4-5,7-8,19H,6,9-11H2,1-3H3,(H,18,20). The summed E-state index contributed by atoms with van der Waals surface area (Å²) in [5, 5.41) is 6.09. The van der Waals surface area contributed by atoms with Gasteiger partial charge in [-0.2, -0.15) is 0 Å². The van der Waals surface area contributed by atoms with E-state index in [0.29, 0.717) is 12.1 Å². The molecule has 1 amide bonds. The van der Waals surface area contributed by atoms with Crippen molar-refractivity contribution in [1.29, 1.82) is 0 Å². The molecule has 0 saturated carbocycles. The van der Waals surface area contributed by atoms with E-state index >= 15 is 0 Å². The average Bonchev–Trinajstić information content (AvgIpc) is 2.85. The van der Waals surface area contributed by atoms with Gasteiger partial charge in [0.2, 0.25) is 0 Å². The molecule has 116 valence electrons. The molecule has 1 saturated heterocycles. The first-order valence-corrected chi connectivity index (χ1v) is 7.29. The Morgan fingerprint density at radius 3 is 2.71 bits per heavy atom. The summed E-state index contributed by atoms with van der Waals surface area (Å²) in [7, 11) is 0. The number of ether oxygens (including phenoxy) is 1. The highest BCUT2D eigenvalue weighted by Crippen LogP contribution is 2.32. The van der Waals surface area contributed by atoms with Crippen LogP contribution in [0, 0.1) is 5.82 Å². The van der Waals surface area contributed by atoms with Gasteiger partial charge >= 0.3 is 6.09 Å². The molecule has 1 aromatic rings. The molecule has 1 heterocycles. The lowest BCUT2D eigenvalue weighted by Crippen LogP contribution is -2.48. The van der Waals surface area contributed by atoms with Crippen LogP contribution in [0.1, 0.15) is 39.2 Å². The van der Waals surface area contributed by atoms with Crippen molar-refractivity contribution in [3.8, 4) is 0 Å². The molecule has 0 aromatic heterocycles. The van der Waals surface area contributed by atoms with Gasteiger partial charge in [0.05, 0.1) is 5.54 Å². The smallest absolute Gasteiger partial charge is 0.407 e. The summed E-state index contributed by atoms with van der Waals surface area (Å²) in [6.07, 6.45) is 1.25. The van der Waals surface area contributed by atoms with Gasteiger partial charge in [-0.05, 0) is 46.2 Å². The number of hydrogen-bond donors (Lipinski definition) is 2. The number of benzene rings is 1. The molecule has 1 atom stereocenters. The number of carbonyl (C=O) groups excluding carboxylic acids is 1. The molecule has 0 radical (unpaired) electrons. The second kappa shape index (κ2) is 6.02. The first-order valence-electron chi connectivity index (χ1n) is 7.29. The second-order valence-corrected chi connectivity index (χ2v) is 6.45. The maximum Gasteiger partial charge on any atom is 0.407 e. The Bertz CT molecular complexity index is 505. The zero-order chi connectivity index (χ0) is 15.5. The number of halogens is 1. The third kappa shape index (κ3) is 3.94. The topological polar surface area (TPSA) is 50.4 Å². The Morgan fingerprint density at radius 1 is 1.43 bits per heavy atom. The third-order valence-corrected chi connectivity index (χ3v) is 3.57. The lowest BCUT2D eigenvalue weighted by molar-refractivity contribution is 0.0511. The molecule has 1 aliphatic rings. The van der Waals surface area contributed by atoms with Gasteiger partial charge in [-0.15, -0.1) is 0 Å². The third-order valence-electron chi connectivity index (χ3n) is 3.57. The number of alkyl carbamates (subject to hydrolysis) is 1. The number of nitrogens with one attached hydrogen (secondary N) is 2. The van der Waals surface area contributed by atoms with Gasteiger partial charge in [-0.25, -0.2) is 9.18 Å². The minimum Gasteiger partial charge on any atom is -0.444 e. The average molecular weight is 294 g/mol. The molecule has 0 aliphatic carbocycles. The minimum absolute atomic E-state index is 0.252. The normalized spacial score (nSPS) is 22.1. The van der Waals surface area contributed by atoms with Crippen LogP contribution in [0.15, 0.2) is 24.3 Å². The van der Waals surface area contributed by atoms with Crippen molar-refractivity contribution in [2.45, 2.75) is 44.8 Å². The van der Waals surface area contributed by atoms with Crippen LogP contribution < -0.4 is 10.6 Å². The minimum atomic E-state index is -0.553. The van der Waals surface area contributed by atoms with Gasteiger partial charge in [0.25, 0.3) is 0 Å². The Labute approximate surface area is 125 Å². The van der Waals surface area contributed by atoms with E-state index in [9.17, 15) is 9.18 Å². The van der Waals surface area contributed by atoms with Crippen molar-refractivity contribution in [1.82, 2.24) is 10.6 Å². The molecule has 0 bridgehead atoms. The Balaban J connectivity index is 2.10. The summed E-state index contributed by atoms with van der Waals surface area (Å²) in [5.41, 5.74) is -0.501. The molecule has 1 fully saturated rings. The highest BCUT2D eigenvalue weighted by Gasteiger charge is 2.37. The number of carbonyl (C=O) groups is 1. The lowest BCUT2D eigenvalue weighted by atomic mass is 9.88. The van der Waals surface area contributed by atoms with Crippen LogP contribution in [-0.2, 0) is 10.3 Å². The summed E-state index contributed by atoms with van der Waals surface area (Å²) in [6, 6.07) is 6.70. The number of rotatable bonds is 3. The molecule has 2 N–H and O–H groups in total. The molecule has 4 nitrogen and oxygen atoms in total. The Hall–Kier alpha value is -1.62. The fraction of sp³-hybridized carbons (Fsp3) is 0.562. The maximum atomic E-state index is 14.1. The van der Waals surface area contributed by atoms with Gasteiger partial charge in [-0.3, -0.25) is 0 Å². The molecular weight excluding hydrogens is 271 g/mol. The van der Waals surface area contributed by atoms with Crippen LogP contribution in [0.3, 0.4) is 0 Å². The highest BCUT2D eigenvalue weighted by atomic mass is 19.1. The molecule has 1 aromatic carbocycles. The molecule has 1 unspecified atom stereocenters. The van der Waals surface area contributed by atoms with Crippen LogP contribution in [0.25, 0.3) is 0 Å². The molecule has 5 heteroatoms. The van der Waals surface area contributed by atoms with Gasteiger partial charge in [-0.1, -0.05) is 18.2 Å². The highest BCUT2D eigenvalue weighted by molar-refractivity contribution is 5.67. The van der Waals surface area contributed by atoms with Gasteiger partial charge in [0, 0.05) is 12.1 Å². The maximum absolute atomic E-state index is 14.1. The van der Waals surface area contributed by atoms with Crippen LogP contribution in [-0.4, -0.2) is 24.8 Å². The van der Waals surface area contributed by atoms with Crippen molar-refractivity contribution in [2.75, 3.05) is 13.1 Å². The number of hydrogen-bond acceptors (Lipinski definition) is 3. The van der Waals surface area contributed by atoms with E-state index < -0.39 is 17.2 Å². The Kier molecular flexibility index (Phi) is 4.52. The van der Waals surface area contributed by atoms with E-state index in [1.807, 2.05) is 26.8 Å². The van der Waals surface area contributed by atoms with Gasteiger partial charge in [0.15, 0.2) is 0 Å².